The van der Waals surface area contributed by atoms with Crippen molar-refractivity contribution in [3.05, 3.63) is 71.7 Å². The molecule has 1 amide bonds. The maximum atomic E-state index is 13.6. The number of rotatable bonds is 5. The van der Waals surface area contributed by atoms with Gasteiger partial charge in [-0.3, -0.25) is 4.79 Å². The fourth-order valence-electron chi connectivity index (χ4n) is 6.61. The smallest absolute Gasteiger partial charge is 0.256 e. The molecule has 3 fully saturated rings. The summed E-state index contributed by atoms with van der Waals surface area (Å²) in [7, 11) is 0. The van der Waals surface area contributed by atoms with E-state index in [0.717, 1.165) is 67.9 Å². The van der Waals surface area contributed by atoms with Crippen molar-refractivity contribution in [2.75, 3.05) is 32.7 Å². The molecule has 178 valence electrons. The van der Waals surface area contributed by atoms with Gasteiger partial charge in [0.1, 0.15) is 5.82 Å². The summed E-state index contributed by atoms with van der Waals surface area (Å²) in [5, 5.41) is 1.10. The topological polar surface area (TPSA) is 39.3 Å². The van der Waals surface area contributed by atoms with E-state index in [0.29, 0.717) is 17.8 Å². The molecule has 4 nitrogen and oxygen atoms in total. The monoisotopic (exact) mass is 459 g/mol. The van der Waals surface area contributed by atoms with E-state index in [-0.39, 0.29) is 11.7 Å². The summed E-state index contributed by atoms with van der Waals surface area (Å²) in [6.45, 7) is 5.04. The number of aromatic amines is 1. The van der Waals surface area contributed by atoms with Crippen LogP contribution in [-0.4, -0.2) is 53.4 Å². The Morgan fingerprint density at radius 2 is 1.76 bits per heavy atom. The van der Waals surface area contributed by atoms with Crippen LogP contribution in [0.3, 0.4) is 0 Å². The summed E-state index contributed by atoms with van der Waals surface area (Å²) in [5.41, 5.74) is 3.03. The second-order valence-corrected chi connectivity index (χ2v) is 10.7. The van der Waals surface area contributed by atoms with Gasteiger partial charge in [-0.15, -0.1) is 0 Å². The predicted octanol–water partition coefficient (Wildman–Crippen LogP) is 5.67. The zero-order valence-electron chi connectivity index (χ0n) is 19.8. The Morgan fingerprint density at radius 3 is 2.50 bits per heavy atom. The number of nitrogens with zero attached hydrogens (tertiary/aromatic N) is 2. The molecule has 3 aliphatic rings. The number of hydrogen-bond acceptors (Lipinski definition) is 2. The van der Waals surface area contributed by atoms with Gasteiger partial charge in [-0.2, -0.15) is 0 Å². The summed E-state index contributed by atoms with van der Waals surface area (Å²) in [5.74, 6) is 2.50. The number of benzene rings is 2. The minimum Gasteiger partial charge on any atom is -0.361 e. The second-order valence-electron chi connectivity index (χ2n) is 10.7. The number of nitrogens with one attached hydrogen (secondary N) is 1. The molecule has 1 aromatic heterocycles. The molecule has 1 N–H and O–H groups in total. The summed E-state index contributed by atoms with van der Waals surface area (Å²) in [4.78, 5) is 21.6. The Hall–Kier alpha value is -2.66. The molecule has 5 heteroatoms. The predicted molar refractivity (Wildman–Crippen MR) is 133 cm³/mol. The van der Waals surface area contributed by atoms with Crippen LogP contribution in [-0.2, 0) is 0 Å². The molecule has 0 bridgehead atoms. The SMILES string of the molecule is O=C(c1cccc2cc[nH]c12)N1CC(CN2CCC(c3ccc(F)cc3)CC2)C(C2CCC2)C1. The van der Waals surface area contributed by atoms with Crippen LogP contribution in [0.5, 0.6) is 0 Å². The molecule has 2 aliphatic heterocycles. The number of likely N-dealkylation sites (tertiary alicyclic amines) is 2. The van der Waals surface area contributed by atoms with Crippen LogP contribution >= 0.6 is 0 Å². The molecule has 3 heterocycles. The minimum atomic E-state index is -0.156. The maximum absolute atomic E-state index is 13.6. The molecule has 2 saturated heterocycles. The van der Waals surface area contributed by atoms with E-state index in [4.69, 9.17) is 0 Å². The van der Waals surface area contributed by atoms with Crippen LogP contribution in [0.15, 0.2) is 54.7 Å². The van der Waals surface area contributed by atoms with Crippen LogP contribution in [0.1, 0.15) is 53.9 Å². The lowest BCUT2D eigenvalue weighted by Gasteiger charge is -2.38. The number of H-pyrrole nitrogens is 1. The molecule has 1 aliphatic carbocycles. The van der Waals surface area contributed by atoms with E-state index in [1.54, 1.807) is 12.1 Å². The number of fused-ring (bicyclic) bond motifs is 1. The van der Waals surface area contributed by atoms with Crippen molar-refractivity contribution in [3.63, 3.8) is 0 Å². The molecule has 2 unspecified atom stereocenters. The Bertz CT molecular complexity index is 1140. The average Bonchev–Trinajstić information content (AvgIpc) is 3.46. The number of carbonyl (C=O) groups is 1. The summed E-state index contributed by atoms with van der Waals surface area (Å²) >= 11 is 0. The third kappa shape index (κ3) is 4.15. The van der Waals surface area contributed by atoms with Crippen LogP contribution in [0.4, 0.5) is 4.39 Å². The maximum Gasteiger partial charge on any atom is 0.256 e. The van der Waals surface area contributed by atoms with Gasteiger partial charge in [-0.25, -0.2) is 4.39 Å². The van der Waals surface area contributed by atoms with E-state index < -0.39 is 0 Å². The Morgan fingerprint density at radius 1 is 0.971 bits per heavy atom. The third-order valence-corrected chi connectivity index (χ3v) is 8.77. The van der Waals surface area contributed by atoms with E-state index in [1.807, 2.05) is 36.5 Å². The van der Waals surface area contributed by atoms with E-state index in [1.165, 1.54) is 24.8 Å². The Balaban J connectivity index is 1.12. The van der Waals surface area contributed by atoms with Gasteiger partial charge in [0, 0.05) is 31.2 Å². The highest BCUT2D eigenvalue weighted by molar-refractivity contribution is 6.05. The normalized spacial score (nSPS) is 24.6. The lowest BCUT2D eigenvalue weighted by atomic mass is 9.71. The van der Waals surface area contributed by atoms with Crippen molar-refractivity contribution in [1.82, 2.24) is 14.8 Å². The van der Waals surface area contributed by atoms with E-state index in [9.17, 15) is 9.18 Å². The molecule has 0 spiro atoms. The quantitative estimate of drug-likeness (QED) is 0.534. The highest BCUT2D eigenvalue weighted by atomic mass is 19.1. The molecule has 34 heavy (non-hydrogen) atoms. The van der Waals surface area contributed by atoms with Gasteiger partial charge < -0.3 is 14.8 Å². The number of hydrogen-bond donors (Lipinski definition) is 1. The third-order valence-electron chi connectivity index (χ3n) is 8.77. The van der Waals surface area contributed by atoms with Gasteiger partial charge in [0.05, 0.1) is 11.1 Å². The number of para-hydroxylation sites is 1. The molecule has 1 saturated carbocycles. The van der Waals surface area contributed by atoms with Gasteiger partial charge in [-0.05, 0) is 79.4 Å². The Labute approximate surface area is 201 Å². The van der Waals surface area contributed by atoms with Crippen molar-refractivity contribution < 1.29 is 9.18 Å². The first-order valence-electron chi connectivity index (χ1n) is 13.0. The minimum absolute atomic E-state index is 0.156. The molecule has 2 aromatic carbocycles. The van der Waals surface area contributed by atoms with Crippen molar-refractivity contribution in [2.45, 2.75) is 38.0 Å². The number of amides is 1. The Kier molecular flexibility index (Phi) is 5.90. The van der Waals surface area contributed by atoms with E-state index in [2.05, 4.69) is 20.9 Å². The number of piperidine rings is 1. The van der Waals surface area contributed by atoms with Gasteiger partial charge in [0.25, 0.3) is 5.91 Å². The highest BCUT2D eigenvalue weighted by Gasteiger charge is 2.42. The number of aromatic nitrogens is 1. The molecule has 6 rings (SSSR count). The first-order valence-corrected chi connectivity index (χ1v) is 13.0. The van der Waals surface area contributed by atoms with Crippen LogP contribution < -0.4 is 0 Å². The largest absolute Gasteiger partial charge is 0.361 e. The number of halogens is 1. The fourth-order valence-corrected chi connectivity index (χ4v) is 6.61. The first kappa shape index (κ1) is 21.8. The lowest BCUT2D eigenvalue weighted by molar-refractivity contribution is 0.0776. The van der Waals surface area contributed by atoms with Gasteiger partial charge in [0.15, 0.2) is 0 Å². The average molecular weight is 460 g/mol. The molecule has 2 atom stereocenters. The van der Waals surface area contributed by atoms with Gasteiger partial charge in [0.2, 0.25) is 0 Å². The fraction of sp³-hybridized carbons (Fsp3) is 0.483. The standard InChI is InChI=1S/C29H34FN3O/c30-25-9-7-20(8-10-25)21-12-15-32(16-13-21)17-24-18-33(19-27(24)22-3-1-4-22)29(34)26-6-2-5-23-11-14-31-28(23)26/h2,5-11,14,21-22,24,27,31H,1,3-4,12-13,15-19H2. The highest BCUT2D eigenvalue weighted by Crippen LogP contribution is 2.42. The molecule has 0 radical (unpaired) electrons. The first-order chi connectivity index (χ1) is 16.7. The van der Waals surface area contributed by atoms with Crippen molar-refractivity contribution in [1.29, 1.82) is 0 Å². The zero-order valence-corrected chi connectivity index (χ0v) is 19.8. The van der Waals surface area contributed by atoms with E-state index >= 15 is 0 Å². The van der Waals surface area contributed by atoms with Crippen molar-refractivity contribution in [3.8, 4) is 0 Å². The zero-order chi connectivity index (χ0) is 23.1. The van der Waals surface area contributed by atoms with Gasteiger partial charge in [-0.1, -0.05) is 43.5 Å². The number of carbonyl (C=O) groups excluding carboxylic acids is 1. The van der Waals surface area contributed by atoms with Crippen LogP contribution in [0.2, 0.25) is 0 Å². The molecule has 3 aromatic rings. The summed E-state index contributed by atoms with van der Waals surface area (Å²) in [6, 6.07) is 15.1. The van der Waals surface area contributed by atoms with Crippen LogP contribution in [0, 0.1) is 23.6 Å². The summed E-state index contributed by atoms with van der Waals surface area (Å²) < 4.78 is 13.3. The van der Waals surface area contributed by atoms with Gasteiger partial charge >= 0.3 is 0 Å². The second kappa shape index (κ2) is 9.18. The summed E-state index contributed by atoms with van der Waals surface area (Å²) in [6.07, 6.45) is 8.16. The molecular weight excluding hydrogens is 425 g/mol. The molecular formula is C29H34FN3O. The van der Waals surface area contributed by atoms with Crippen LogP contribution in [0.25, 0.3) is 10.9 Å². The van der Waals surface area contributed by atoms with Crippen molar-refractivity contribution in [2.24, 2.45) is 17.8 Å². The lowest BCUT2D eigenvalue weighted by Crippen LogP contribution is -2.40. The van der Waals surface area contributed by atoms with Crippen molar-refractivity contribution >= 4 is 16.8 Å².